The first-order valence-corrected chi connectivity index (χ1v) is 7.89. The molecule has 23 heavy (non-hydrogen) atoms. The summed E-state index contributed by atoms with van der Waals surface area (Å²) in [4.78, 5) is 4.24. The van der Waals surface area contributed by atoms with E-state index in [4.69, 9.17) is 9.47 Å². The lowest BCUT2D eigenvalue weighted by molar-refractivity contribution is 0.0698. The van der Waals surface area contributed by atoms with Crippen molar-refractivity contribution < 1.29 is 9.47 Å². The molecule has 0 fully saturated rings. The van der Waals surface area contributed by atoms with Gasteiger partial charge in [0.15, 0.2) is 5.96 Å². The van der Waals surface area contributed by atoms with Gasteiger partial charge in [0.1, 0.15) is 0 Å². The topological polar surface area (TPSA) is 54.9 Å². The maximum atomic E-state index is 5.42. The van der Waals surface area contributed by atoms with E-state index in [-0.39, 0.29) is 24.0 Å². The van der Waals surface area contributed by atoms with Crippen molar-refractivity contribution in [3.05, 3.63) is 35.4 Å². The van der Waals surface area contributed by atoms with Gasteiger partial charge in [-0.2, -0.15) is 0 Å². The Morgan fingerprint density at radius 2 is 1.83 bits per heavy atom. The van der Waals surface area contributed by atoms with Crippen molar-refractivity contribution in [2.45, 2.75) is 26.3 Å². The monoisotopic (exact) mass is 435 g/mol. The summed E-state index contributed by atoms with van der Waals surface area (Å²) < 4.78 is 10.4. The lowest BCUT2D eigenvalue weighted by atomic mass is 10.1. The van der Waals surface area contributed by atoms with Gasteiger partial charge in [0, 0.05) is 33.9 Å². The van der Waals surface area contributed by atoms with Crippen molar-refractivity contribution in [1.29, 1.82) is 0 Å². The minimum absolute atomic E-state index is 0. The van der Waals surface area contributed by atoms with Gasteiger partial charge >= 0.3 is 0 Å². The van der Waals surface area contributed by atoms with E-state index in [2.05, 4.69) is 46.8 Å². The summed E-state index contributed by atoms with van der Waals surface area (Å²) in [6.45, 7) is 5.82. The number of aliphatic imine (C=N–C) groups is 1. The summed E-state index contributed by atoms with van der Waals surface area (Å²) in [5.41, 5.74) is 2.69. The number of benzene rings is 1. The molecular weight excluding hydrogens is 405 g/mol. The van der Waals surface area contributed by atoms with Crippen LogP contribution in [0.3, 0.4) is 0 Å². The highest BCUT2D eigenvalue weighted by molar-refractivity contribution is 14.0. The Hall–Kier alpha value is -0.860. The van der Waals surface area contributed by atoms with Gasteiger partial charge in [-0.1, -0.05) is 31.2 Å². The van der Waals surface area contributed by atoms with Crippen molar-refractivity contribution in [2.75, 3.05) is 40.5 Å². The molecule has 0 aliphatic rings. The molecule has 6 heteroatoms. The van der Waals surface area contributed by atoms with Crippen LogP contribution in [0.25, 0.3) is 0 Å². The van der Waals surface area contributed by atoms with Crippen LogP contribution in [-0.2, 0) is 22.4 Å². The number of methoxy groups -OCH3 is 1. The van der Waals surface area contributed by atoms with Gasteiger partial charge < -0.3 is 20.1 Å². The first-order valence-electron chi connectivity index (χ1n) is 7.89. The molecule has 0 atom stereocenters. The summed E-state index contributed by atoms with van der Waals surface area (Å²) in [5, 5.41) is 6.65. The van der Waals surface area contributed by atoms with Gasteiger partial charge in [-0.15, -0.1) is 24.0 Å². The van der Waals surface area contributed by atoms with Crippen LogP contribution in [0, 0.1) is 0 Å². The molecule has 1 aromatic carbocycles. The third kappa shape index (κ3) is 9.78. The predicted octanol–water partition coefficient (Wildman–Crippen LogP) is 2.59. The van der Waals surface area contributed by atoms with E-state index in [0.717, 1.165) is 38.5 Å². The lowest BCUT2D eigenvalue weighted by Crippen LogP contribution is -2.37. The maximum Gasteiger partial charge on any atom is 0.191 e. The third-order valence-electron chi connectivity index (χ3n) is 3.36. The first-order chi connectivity index (χ1) is 10.8. The summed E-state index contributed by atoms with van der Waals surface area (Å²) in [6.07, 6.45) is 1.98. The molecule has 0 amide bonds. The molecular formula is C17H30IN3O2. The van der Waals surface area contributed by atoms with Gasteiger partial charge in [0.2, 0.25) is 0 Å². The molecule has 0 heterocycles. The molecule has 2 N–H and O–H groups in total. The van der Waals surface area contributed by atoms with Gasteiger partial charge in [-0.25, -0.2) is 0 Å². The van der Waals surface area contributed by atoms with Crippen molar-refractivity contribution in [3.8, 4) is 0 Å². The molecule has 0 spiro atoms. The van der Waals surface area contributed by atoms with Gasteiger partial charge in [-0.05, 0) is 24.0 Å². The smallest absolute Gasteiger partial charge is 0.191 e. The Bertz CT molecular complexity index is 442. The van der Waals surface area contributed by atoms with Crippen LogP contribution >= 0.6 is 24.0 Å². The van der Waals surface area contributed by atoms with Crippen LogP contribution < -0.4 is 10.6 Å². The molecule has 1 rings (SSSR count). The van der Waals surface area contributed by atoms with E-state index in [1.165, 1.54) is 11.1 Å². The lowest BCUT2D eigenvalue weighted by Gasteiger charge is -2.13. The molecule has 0 aromatic heterocycles. The Labute approximate surface area is 157 Å². The minimum atomic E-state index is 0. The normalized spacial score (nSPS) is 11.0. The van der Waals surface area contributed by atoms with Crippen molar-refractivity contribution in [2.24, 2.45) is 4.99 Å². The summed E-state index contributed by atoms with van der Waals surface area (Å²) in [7, 11) is 3.47. The molecule has 0 unspecified atom stereocenters. The molecule has 0 saturated carbocycles. The fourth-order valence-corrected chi connectivity index (χ4v) is 2.10. The molecule has 0 bridgehead atoms. The van der Waals surface area contributed by atoms with E-state index < -0.39 is 0 Å². The zero-order chi connectivity index (χ0) is 16.0. The van der Waals surface area contributed by atoms with Crippen LogP contribution in [0.1, 0.15) is 24.5 Å². The Balaban J connectivity index is 0.00000484. The second-order valence-electron chi connectivity index (χ2n) is 4.93. The molecule has 132 valence electrons. The molecule has 0 aliphatic carbocycles. The van der Waals surface area contributed by atoms with E-state index in [1.54, 1.807) is 14.2 Å². The SMILES string of the molecule is CCc1ccccc1CNC(=NC)NCCCOCCOC.I. The number of rotatable bonds is 10. The molecule has 5 nitrogen and oxygen atoms in total. The van der Waals surface area contributed by atoms with E-state index >= 15 is 0 Å². The molecule has 0 saturated heterocycles. The van der Waals surface area contributed by atoms with E-state index in [0.29, 0.717) is 13.2 Å². The Morgan fingerprint density at radius 1 is 1.09 bits per heavy atom. The van der Waals surface area contributed by atoms with E-state index in [1.807, 2.05) is 0 Å². The number of hydrogen-bond acceptors (Lipinski definition) is 3. The van der Waals surface area contributed by atoms with Crippen molar-refractivity contribution in [1.82, 2.24) is 10.6 Å². The average Bonchev–Trinajstić information content (AvgIpc) is 2.57. The highest BCUT2D eigenvalue weighted by Gasteiger charge is 2.01. The maximum absolute atomic E-state index is 5.42. The number of hydrogen-bond donors (Lipinski definition) is 2. The Kier molecular flexibility index (Phi) is 14.2. The number of halogens is 1. The highest BCUT2D eigenvalue weighted by atomic mass is 127. The number of aryl methyl sites for hydroxylation is 1. The van der Waals surface area contributed by atoms with Crippen LogP contribution in [-0.4, -0.2) is 46.5 Å². The van der Waals surface area contributed by atoms with Gasteiger partial charge in [-0.3, -0.25) is 4.99 Å². The van der Waals surface area contributed by atoms with Crippen LogP contribution in [0.15, 0.2) is 29.3 Å². The minimum Gasteiger partial charge on any atom is -0.382 e. The van der Waals surface area contributed by atoms with Crippen molar-refractivity contribution in [3.63, 3.8) is 0 Å². The van der Waals surface area contributed by atoms with Crippen molar-refractivity contribution >= 4 is 29.9 Å². The highest BCUT2D eigenvalue weighted by Crippen LogP contribution is 2.08. The molecule has 1 aromatic rings. The molecule has 0 radical (unpaired) electrons. The summed E-state index contributed by atoms with van der Waals surface area (Å²) >= 11 is 0. The zero-order valence-corrected chi connectivity index (χ0v) is 16.8. The predicted molar refractivity (Wildman–Crippen MR) is 107 cm³/mol. The van der Waals surface area contributed by atoms with Crippen LogP contribution in [0.5, 0.6) is 0 Å². The van der Waals surface area contributed by atoms with Crippen LogP contribution in [0.2, 0.25) is 0 Å². The second kappa shape index (κ2) is 14.7. The van der Waals surface area contributed by atoms with Gasteiger partial charge in [0.05, 0.1) is 13.2 Å². The quantitative estimate of drug-likeness (QED) is 0.257. The fourth-order valence-electron chi connectivity index (χ4n) is 2.10. The number of nitrogens with zero attached hydrogens (tertiary/aromatic N) is 1. The standard InChI is InChI=1S/C17H29N3O2.HI/c1-4-15-8-5-6-9-16(15)14-20-17(18-2)19-10-7-11-22-13-12-21-3;/h5-6,8-9H,4,7,10-14H2,1-3H3,(H2,18,19,20);1H. The van der Waals surface area contributed by atoms with E-state index in [9.17, 15) is 0 Å². The fraction of sp³-hybridized carbons (Fsp3) is 0.588. The summed E-state index contributed by atoms with van der Waals surface area (Å²) in [5.74, 6) is 0.822. The van der Waals surface area contributed by atoms with Gasteiger partial charge in [0.25, 0.3) is 0 Å². The molecule has 0 aliphatic heterocycles. The average molecular weight is 435 g/mol. The van der Waals surface area contributed by atoms with Crippen LogP contribution in [0.4, 0.5) is 0 Å². The summed E-state index contributed by atoms with van der Waals surface area (Å²) in [6, 6.07) is 8.48. The third-order valence-corrected chi connectivity index (χ3v) is 3.36. The zero-order valence-electron chi connectivity index (χ0n) is 14.4. The largest absolute Gasteiger partial charge is 0.382 e. The number of nitrogens with one attached hydrogen (secondary N) is 2. The number of ether oxygens (including phenoxy) is 2. The second-order valence-corrected chi connectivity index (χ2v) is 4.93. The Morgan fingerprint density at radius 3 is 2.48 bits per heavy atom. The first kappa shape index (κ1) is 22.1. The number of guanidine groups is 1.